The highest BCUT2D eigenvalue weighted by Crippen LogP contribution is 2.27. The first-order chi connectivity index (χ1) is 15.6. The minimum atomic E-state index is -0.217. The largest absolute Gasteiger partial charge is 0.325 e. The maximum atomic E-state index is 13.3. The molecular formula is C25H20ClN3O2S. The number of carbonyl (C=O) groups is 1. The maximum absolute atomic E-state index is 13.3. The van der Waals surface area contributed by atoms with Gasteiger partial charge in [0.2, 0.25) is 5.91 Å². The van der Waals surface area contributed by atoms with Crippen molar-refractivity contribution >= 4 is 45.9 Å². The van der Waals surface area contributed by atoms with Gasteiger partial charge in [0, 0.05) is 5.69 Å². The topological polar surface area (TPSA) is 64.0 Å². The Morgan fingerprint density at radius 2 is 1.81 bits per heavy atom. The molecule has 0 fully saturated rings. The first-order valence-corrected chi connectivity index (χ1v) is 11.8. The number of aromatic nitrogens is 2. The van der Waals surface area contributed by atoms with Crippen molar-refractivity contribution in [3.05, 3.63) is 93.2 Å². The summed E-state index contributed by atoms with van der Waals surface area (Å²) in [6.45, 7) is 0. The van der Waals surface area contributed by atoms with Gasteiger partial charge in [-0.1, -0.05) is 53.7 Å². The maximum Gasteiger partial charge on any atom is 0.266 e. The molecule has 7 heteroatoms. The molecule has 1 amide bonds. The molecule has 1 aromatic heterocycles. The number of halogens is 1. The van der Waals surface area contributed by atoms with Crippen LogP contribution in [0.3, 0.4) is 0 Å². The fourth-order valence-electron chi connectivity index (χ4n) is 4.03. The van der Waals surface area contributed by atoms with Crippen LogP contribution in [0.2, 0.25) is 5.02 Å². The molecule has 5 nitrogen and oxygen atoms in total. The fraction of sp³-hybridized carbons (Fsp3) is 0.160. The Bertz CT molecular complexity index is 1400. The zero-order chi connectivity index (χ0) is 22.1. The van der Waals surface area contributed by atoms with Crippen molar-refractivity contribution in [2.45, 2.75) is 24.4 Å². The molecular weight excluding hydrogens is 442 g/mol. The Labute approximate surface area is 194 Å². The third kappa shape index (κ3) is 4.04. The molecule has 0 bridgehead atoms. The van der Waals surface area contributed by atoms with E-state index >= 15 is 0 Å². The first-order valence-electron chi connectivity index (χ1n) is 10.4. The lowest BCUT2D eigenvalue weighted by molar-refractivity contribution is -0.113. The van der Waals surface area contributed by atoms with E-state index in [1.807, 2.05) is 24.3 Å². The minimum Gasteiger partial charge on any atom is -0.325 e. The number of nitrogens with zero attached hydrogens (tertiary/aromatic N) is 2. The van der Waals surface area contributed by atoms with E-state index < -0.39 is 0 Å². The Hall–Kier alpha value is -3.09. The van der Waals surface area contributed by atoms with Crippen LogP contribution in [-0.4, -0.2) is 21.2 Å². The molecule has 3 aromatic carbocycles. The van der Waals surface area contributed by atoms with Crippen molar-refractivity contribution in [2.24, 2.45) is 0 Å². The lowest BCUT2D eigenvalue weighted by Gasteiger charge is -2.14. The molecule has 160 valence electrons. The van der Waals surface area contributed by atoms with Gasteiger partial charge in [-0.25, -0.2) is 4.98 Å². The van der Waals surface area contributed by atoms with Gasteiger partial charge in [-0.05, 0) is 66.8 Å². The number of hydrogen-bond acceptors (Lipinski definition) is 4. The average Bonchev–Trinajstić information content (AvgIpc) is 3.27. The summed E-state index contributed by atoms with van der Waals surface area (Å²) in [5, 5.41) is 4.33. The quantitative estimate of drug-likeness (QED) is 0.325. The number of hydrogen-bond donors (Lipinski definition) is 1. The summed E-state index contributed by atoms with van der Waals surface area (Å²) >= 11 is 7.61. The van der Waals surface area contributed by atoms with Crippen LogP contribution in [0.5, 0.6) is 0 Å². The van der Waals surface area contributed by atoms with Gasteiger partial charge in [0.15, 0.2) is 5.16 Å². The van der Waals surface area contributed by atoms with Crippen LogP contribution in [0.4, 0.5) is 5.69 Å². The predicted octanol–water partition coefficient (Wildman–Crippen LogP) is 5.26. The van der Waals surface area contributed by atoms with Gasteiger partial charge >= 0.3 is 0 Å². The first kappa shape index (κ1) is 20.8. The molecule has 0 unspecified atom stereocenters. The van der Waals surface area contributed by atoms with Crippen LogP contribution in [-0.2, 0) is 17.6 Å². The zero-order valence-electron chi connectivity index (χ0n) is 17.2. The van der Waals surface area contributed by atoms with E-state index in [0.29, 0.717) is 26.8 Å². The van der Waals surface area contributed by atoms with E-state index in [-0.39, 0.29) is 17.2 Å². The van der Waals surface area contributed by atoms with Crippen LogP contribution in [0.25, 0.3) is 16.6 Å². The number of amides is 1. The highest BCUT2D eigenvalue weighted by Gasteiger charge is 2.17. The SMILES string of the molecule is O=C(CSc1nc2ccccc2c(=O)n1-c1ccccc1Cl)Nc1ccc2c(c1)CCC2. The third-order valence-electron chi connectivity index (χ3n) is 5.55. The molecule has 0 atom stereocenters. The molecule has 0 radical (unpaired) electrons. The lowest BCUT2D eigenvalue weighted by Crippen LogP contribution is -2.23. The molecule has 0 aliphatic heterocycles. The number of carbonyl (C=O) groups excluding carboxylic acids is 1. The number of nitrogens with one attached hydrogen (secondary N) is 1. The summed E-state index contributed by atoms with van der Waals surface area (Å²) in [7, 11) is 0. The predicted molar refractivity (Wildman–Crippen MR) is 130 cm³/mol. The molecule has 0 saturated heterocycles. The summed E-state index contributed by atoms with van der Waals surface area (Å²) in [4.78, 5) is 30.6. The minimum absolute atomic E-state index is 0.117. The smallest absolute Gasteiger partial charge is 0.266 e. The van der Waals surface area contributed by atoms with E-state index in [9.17, 15) is 9.59 Å². The second kappa shape index (κ2) is 8.81. The number of thioether (sulfide) groups is 1. The van der Waals surface area contributed by atoms with Crippen molar-refractivity contribution < 1.29 is 4.79 Å². The summed E-state index contributed by atoms with van der Waals surface area (Å²) in [6.07, 6.45) is 3.32. The Kier molecular flexibility index (Phi) is 5.72. The van der Waals surface area contributed by atoms with Crippen LogP contribution >= 0.6 is 23.4 Å². The molecule has 1 aliphatic carbocycles. The molecule has 1 N–H and O–H groups in total. The summed E-state index contributed by atoms with van der Waals surface area (Å²) < 4.78 is 1.48. The molecule has 5 rings (SSSR count). The van der Waals surface area contributed by atoms with E-state index in [2.05, 4.69) is 22.4 Å². The Balaban J connectivity index is 1.44. The summed E-state index contributed by atoms with van der Waals surface area (Å²) in [5.41, 5.74) is 4.37. The summed E-state index contributed by atoms with van der Waals surface area (Å²) in [6, 6.07) is 20.4. The highest BCUT2D eigenvalue weighted by atomic mass is 35.5. The van der Waals surface area contributed by atoms with Crippen molar-refractivity contribution in [3.8, 4) is 5.69 Å². The second-order valence-corrected chi connectivity index (χ2v) is 9.03. The standard InChI is InChI=1S/C25H20ClN3O2S/c26-20-9-2-4-11-22(20)29-24(31)19-8-1-3-10-21(19)28-25(29)32-15-23(30)27-18-13-12-16-6-5-7-17(16)14-18/h1-4,8-14H,5-7,15H2,(H,27,30). The second-order valence-electron chi connectivity index (χ2n) is 7.68. The number of aryl methyl sites for hydroxylation is 2. The lowest BCUT2D eigenvalue weighted by atomic mass is 10.1. The monoisotopic (exact) mass is 461 g/mol. The van der Waals surface area contributed by atoms with Gasteiger partial charge in [0.25, 0.3) is 5.56 Å². The van der Waals surface area contributed by atoms with Gasteiger partial charge in [-0.15, -0.1) is 0 Å². The molecule has 0 spiro atoms. The molecule has 1 heterocycles. The van der Waals surface area contributed by atoms with Crippen molar-refractivity contribution in [3.63, 3.8) is 0 Å². The highest BCUT2D eigenvalue weighted by molar-refractivity contribution is 7.99. The van der Waals surface area contributed by atoms with E-state index in [1.165, 1.54) is 27.5 Å². The number of anilines is 1. The van der Waals surface area contributed by atoms with E-state index in [0.717, 1.165) is 24.9 Å². The van der Waals surface area contributed by atoms with Gasteiger partial charge in [-0.3, -0.25) is 14.2 Å². The summed E-state index contributed by atoms with van der Waals surface area (Å²) in [5.74, 6) is -0.0344. The van der Waals surface area contributed by atoms with E-state index in [1.54, 1.807) is 30.3 Å². The molecule has 32 heavy (non-hydrogen) atoms. The Morgan fingerprint density at radius 1 is 1.03 bits per heavy atom. The number of rotatable bonds is 5. The van der Waals surface area contributed by atoms with E-state index in [4.69, 9.17) is 11.6 Å². The Morgan fingerprint density at radius 3 is 2.69 bits per heavy atom. The van der Waals surface area contributed by atoms with Crippen LogP contribution in [0, 0.1) is 0 Å². The van der Waals surface area contributed by atoms with Crippen molar-refractivity contribution in [1.29, 1.82) is 0 Å². The van der Waals surface area contributed by atoms with Crippen LogP contribution in [0.15, 0.2) is 76.7 Å². The fourth-order valence-corrected chi connectivity index (χ4v) is 5.06. The number of fused-ring (bicyclic) bond motifs is 2. The van der Waals surface area contributed by atoms with Gasteiger partial charge in [0.1, 0.15) is 0 Å². The number of benzene rings is 3. The van der Waals surface area contributed by atoms with Crippen LogP contribution < -0.4 is 10.9 Å². The van der Waals surface area contributed by atoms with Gasteiger partial charge < -0.3 is 5.32 Å². The molecule has 1 aliphatic rings. The average molecular weight is 462 g/mol. The number of para-hydroxylation sites is 2. The van der Waals surface area contributed by atoms with Crippen molar-refractivity contribution in [2.75, 3.05) is 11.1 Å². The van der Waals surface area contributed by atoms with Crippen molar-refractivity contribution in [1.82, 2.24) is 9.55 Å². The normalized spacial score (nSPS) is 12.7. The third-order valence-corrected chi connectivity index (χ3v) is 6.81. The molecule has 4 aromatic rings. The van der Waals surface area contributed by atoms with Crippen LogP contribution in [0.1, 0.15) is 17.5 Å². The van der Waals surface area contributed by atoms with Gasteiger partial charge in [0.05, 0.1) is 27.4 Å². The molecule has 0 saturated carbocycles. The zero-order valence-corrected chi connectivity index (χ0v) is 18.7. The van der Waals surface area contributed by atoms with Gasteiger partial charge in [-0.2, -0.15) is 0 Å².